The third-order valence-corrected chi connectivity index (χ3v) is 1.89. The molecular formula is C9H5N3O3. The van der Waals surface area contributed by atoms with E-state index in [1.807, 2.05) is 0 Å². The van der Waals surface area contributed by atoms with Crippen LogP contribution in [-0.2, 0) is 4.79 Å². The molecule has 1 heterocycles. The van der Waals surface area contributed by atoms with Gasteiger partial charge in [0.25, 0.3) is 11.6 Å². The van der Waals surface area contributed by atoms with Gasteiger partial charge in [0.05, 0.1) is 10.6 Å². The fraction of sp³-hybridized carbons (Fsp3) is 0. The molecule has 0 radical (unpaired) electrons. The number of nitro benzene ring substituents is 1. The van der Waals surface area contributed by atoms with Gasteiger partial charge in [0, 0.05) is 23.8 Å². The molecule has 0 saturated carbocycles. The zero-order valence-corrected chi connectivity index (χ0v) is 7.45. The Labute approximate surface area is 84.1 Å². The van der Waals surface area contributed by atoms with Gasteiger partial charge in [0.15, 0.2) is 0 Å². The maximum atomic E-state index is 10.8. The normalized spacial score (nSPS) is 14.1. The topological polar surface area (TPSA) is 84.9 Å². The smallest absolute Gasteiger partial charge is 0.266 e. The highest BCUT2D eigenvalue weighted by Crippen LogP contribution is 2.22. The molecule has 6 nitrogen and oxygen atoms in total. The highest BCUT2D eigenvalue weighted by Gasteiger charge is 2.11. The quantitative estimate of drug-likeness (QED) is 0.543. The Hall–Kier alpha value is -2.37. The monoisotopic (exact) mass is 203 g/mol. The van der Waals surface area contributed by atoms with Crippen molar-refractivity contribution >= 4 is 17.3 Å². The maximum absolute atomic E-state index is 10.8. The predicted molar refractivity (Wildman–Crippen MR) is 50.9 cm³/mol. The number of carbonyl (C=O) groups excluding carboxylic acids is 1. The van der Waals surface area contributed by atoms with Gasteiger partial charge in [-0.05, 0) is 12.1 Å². The second kappa shape index (κ2) is 3.41. The van der Waals surface area contributed by atoms with E-state index in [0.717, 1.165) is 0 Å². The molecule has 0 unspecified atom stereocenters. The molecule has 0 spiro atoms. The number of non-ortho nitro benzene ring substituents is 1. The highest BCUT2D eigenvalue weighted by atomic mass is 16.6. The fourth-order valence-electron chi connectivity index (χ4n) is 1.17. The van der Waals surface area contributed by atoms with Gasteiger partial charge >= 0.3 is 0 Å². The number of benzene rings is 1. The van der Waals surface area contributed by atoms with E-state index >= 15 is 0 Å². The Balaban J connectivity index is 2.32. The van der Waals surface area contributed by atoms with Gasteiger partial charge in [0.2, 0.25) is 0 Å². The van der Waals surface area contributed by atoms with Crippen molar-refractivity contribution < 1.29 is 9.72 Å². The summed E-state index contributed by atoms with van der Waals surface area (Å²) < 4.78 is 0. The second-order valence-electron chi connectivity index (χ2n) is 2.87. The minimum absolute atomic E-state index is 0.000567. The van der Waals surface area contributed by atoms with Crippen LogP contribution in [0.15, 0.2) is 40.6 Å². The van der Waals surface area contributed by atoms with Gasteiger partial charge in [-0.1, -0.05) is 0 Å². The highest BCUT2D eigenvalue weighted by molar-refractivity contribution is 5.98. The van der Waals surface area contributed by atoms with Crippen molar-refractivity contribution in [3.8, 4) is 0 Å². The number of hydrogen-bond donors (Lipinski definition) is 0. The van der Waals surface area contributed by atoms with Gasteiger partial charge in [0.1, 0.15) is 0 Å². The lowest BCUT2D eigenvalue weighted by atomic mass is 10.1. The zero-order chi connectivity index (χ0) is 10.8. The molecule has 1 aromatic carbocycles. The van der Waals surface area contributed by atoms with Crippen molar-refractivity contribution in [2.75, 3.05) is 0 Å². The van der Waals surface area contributed by atoms with E-state index in [4.69, 9.17) is 0 Å². The summed E-state index contributed by atoms with van der Waals surface area (Å²) in [5, 5.41) is 17.3. The van der Waals surface area contributed by atoms with E-state index in [9.17, 15) is 14.9 Å². The molecule has 6 heteroatoms. The molecule has 0 bridgehead atoms. The molecule has 1 amide bonds. The van der Waals surface area contributed by atoms with Gasteiger partial charge in [-0.15, -0.1) is 10.2 Å². The van der Waals surface area contributed by atoms with Crippen molar-refractivity contribution in [2.24, 2.45) is 10.2 Å². The van der Waals surface area contributed by atoms with E-state index in [1.165, 1.54) is 30.3 Å². The van der Waals surface area contributed by atoms with Crippen LogP contribution in [0, 0.1) is 10.1 Å². The molecule has 0 saturated heterocycles. The lowest BCUT2D eigenvalue weighted by molar-refractivity contribution is -0.384. The average Bonchev–Trinajstić information content (AvgIpc) is 2.65. The summed E-state index contributed by atoms with van der Waals surface area (Å²) in [4.78, 5) is 20.7. The fourth-order valence-corrected chi connectivity index (χ4v) is 1.17. The van der Waals surface area contributed by atoms with Crippen LogP contribution in [0.2, 0.25) is 0 Å². The van der Waals surface area contributed by atoms with Crippen molar-refractivity contribution in [2.45, 2.75) is 0 Å². The van der Waals surface area contributed by atoms with E-state index in [0.29, 0.717) is 11.3 Å². The number of nitro groups is 1. The summed E-state index contributed by atoms with van der Waals surface area (Å²) in [5.41, 5.74) is 1.06. The van der Waals surface area contributed by atoms with Crippen molar-refractivity contribution in [3.63, 3.8) is 0 Å². The predicted octanol–water partition coefficient (Wildman–Crippen LogP) is 1.93. The molecule has 0 atom stereocenters. The Kier molecular flexibility index (Phi) is 2.09. The Morgan fingerprint density at radius 1 is 1.13 bits per heavy atom. The van der Waals surface area contributed by atoms with Gasteiger partial charge in [-0.25, -0.2) is 0 Å². The molecule has 0 fully saturated rings. The van der Waals surface area contributed by atoms with E-state index in [-0.39, 0.29) is 5.69 Å². The number of rotatable bonds is 2. The van der Waals surface area contributed by atoms with Crippen LogP contribution in [-0.4, -0.2) is 10.8 Å². The van der Waals surface area contributed by atoms with E-state index in [1.54, 1.807) is 0 Å². The molecule has 1 aliphatic rings. The summed E-state index contributed by atoms with van der Waals surface area (Å²) >= 11 is 0. The van der Waals surface area contributed by atoms with Crippen LogP contribution in [0.3, 0.4) is 0 Å². The van der Waals surface area contributed by atoms with Crippen LogP contribution in [0.25, 0.3) is 5.70 Å². The molecule has 0 aromatic heterocycles. The van der Waals surface area contributed by atoms with E-state index in [2.05, 4.69) is 10.2 Å². The first-order valence-corrected chi connectivity index (χ1v) is 4.09. The van der Waals surface area contributed by atoms with Crippen molar-refractivity contribution in [1.82, 2.24) is 0 Å². The third-order valence-electron chi connectivity index (χ3n) is 1.89. The first-order valence-electron chi connectivity index (χ1n) is 4.09. The van der Waals surface area contributed by atoms with Crippen molar-refractivity contribution in [1.29, 1.82) is 0 Å². The van der Waals surface area contributed by atoms with Crippen molar-refractivity contribution in [3.05, 3.63) is 46.0 Å². The summed E-state index contributed by atoms with van der Waals surface area (Å²) in [6.07, 6.45) is 1.28. The number of amides is 1. The summed E-state index contributed by atoms with van der Waals surface area (Å²) in [7, 11) is 0. The number of azo groups is 1. The first kappa shape index (κ1) is 9.20. The van der Waals surface area contributed by atoms with Crippen LogP contribution in [0.5, 0.6) is 0 Å². The minimum Gasteiger partial charge on any atom is -0.266 e. The average molecular weight is 203 g/mol. The summed E-state index contributed by atoms with van der Waals surface area (Å²) in [5.74, 6) is -0.414. The lowest BCUT2D eigenvalue weighted by Gasteiger charge is -1.96. The van der Waals surface area contributed by atoms with Crippen LogP contribution in [0.1, 0.15) is 5.56 Å². The SMILES string of the molecule is O=C1C=C(c2ccc([N+](=O)[O-])cc2)N=N1. The van der Waals surface area contributed by atoms with Crippen LogP contribution < -0.4 is 0 Å². The second-order valence-corrected chi connectivity index (χ2v) is 2.87. The van der Waals surface area contributed by atoms with E-state index < -0.39 is 10.8 Å². The molecular weight excluding hydrogens is 198 g/mol. The molecule has 1 aliphatic heterocycles. The summed E-state index contributed by atoms with van der Waals surface area (Å²) in [6.45, 7) is 0. The zero-order valence-electron chi connectivity index (χ0n) is 7.45. The van der Waals surface area contributed by atoms with Gasteiger partial charge in [-0.3, -0.25) is 14.9 Å². The minimum atomic E-state index is -0.487. The molecule has 15 heavy (non-hydrogen) atoms. The first-order chi connectivity index (χ1) is 7.16. The number of nitrogens with zero attached hydrogens (tertiary/aromatic N) is 3. The molecule has 2 rings (SSSR count). The summed E-state index contributed by atoms with van der Waals surface area (Å²) in [6, 6.07) is 5.77. The maximum Gasteiger partial charge on any atom is 0.290 e. The number of carbonyl (C=O) groups is 1. The van der Waals surface area contributed by atoms with Gasteiger partial charge in [-0.2, -0.15) is 0 Å². The molecule has 0 N–H and O–H groups in total. The number of hydrogen-bond acceptors (Lipinski definition) is 4. The Morgan fingerprint density at radius 2 is 1.80 bits per heavy atom. The molecule has 74 valence electrons. The molecule has 1 aromatic rings. The Morgan fingerprint density at radius 3 is 2.27 bits per heavy atom. The van der Waals surface area contributed by atoms with Crippen LogP contribution in [0.4, 0.5) is 5.69 Å². The largest absolute Gasteiger partial charge is 0.290 e. The third kappa shape index (κ3) is 1.78. The van der Waals surface area contributed by atoms with Gasteiger partial charge < -0.3 is 0 Å². The Bertz CT molecular complexity index is 488. The standard InChI is InChI=1S/C9H5N3O3/c13-9-5-8(10-11-9)6-1-3-7(4-2-6)12(14)15/h1-5H. The lowest BCUT2D eigenvalue weighted by Crippen LogP contribution is -1.88. The molecule has 0 aliphatic carbocycles. The van der Waals surface area contributed by atoms with Crippen LogP contribution >= 0.6 is 0 Å².